The zero-order valence-electron chi connectivity index (χ0n) is 12.4. The molecule has 0 saturated carbocycles. The van der Waals surface area contributed by atoms with Crippen molar-refractivity contribution in [2.75, 3.05) is 26.7 Å². The molecule has 110 valence electrons. The predicted molar refractivity (Wildman–Crippen MR) is 84.3 cm³/mol. The van der Waals surface area contributed by atoms with Crippen molar-refractivity contribution >= 4 is 16.8 Å². The van der Waals surface area contributed by atoms with Gasteiger partial charge in [-0.1, -0.05) is 12.1 Å². The Morgan fingerprint density at radius 1 is 1.29 bits per heavy atom. The van der Waals surface area contributed by atoms with Crippen LogP contribution >= 0.6 is 0 Å². The number of hydrogen-bond donors (Lipinski definition) is 1. The van der Waals surface area contributed by atoms with E-state index >= 15 is 0 Å². The summed E-state index contributed by atoms with van der Waals surface area (Å²) in [5.74, 6) is 0.824. The average Bonchev–Trinajstić information content (AvgIpc) is 2.55. The second-order valence-electron chi connectivity index (χ2n) is 5.67. The van der Waals surface area contributed by atoms with Gasteiger partial charge in [-0.25, -0.2) is 0 Å². The quantitative estimate of drug-likeness (QED) is 0.940. The number of amides is 1. The fourth-order valence-corrected chi connectivity index (χ4v) is 3.09. The van der Waals surface area contributed by atoms with Gasteiger partial charge >= 0.3 is 0 Å². The summed E-state index contributed by atoms with van der Waals surface area (Å²) in [4.78, 5) is 19.1. The normalized spacial score (nSPS) is 16.3. The highest BCUT2D eigenvalue weighted by Gasteiger charge is 2.24. The van der Waals surface area contributed by atoms with Crippen LogP contribution in [-0.2, 0) is 0 Å². The van der Waals surface area contributed by atoms with Crippen molar-refractivity contribution in [1.29, 1.82) is 0 Å². The van der Waals surface area contributed by atoms with Gasteiger partial charge in [0.1, 0.15) is 0 Å². The van der Waals surface area contributed by atoms with Gasteiger partial charge in [-0.05, 0) is 50.6 Å². The zero-order valence-corrected chi connectivity index (χ0v) is 12.4. The third kappa shape index (κ3) is 2.90. The lowest BCUT2D eigenvalue weighted by atomic mass is 9.96. The molecular weight excluding hydrogens is 262 g/mol. The number of likely N-dealkylation sites (tertiary alicyclic amines) is 1. The lowest BCUT2D eigenvalue weighted by molar-refractivity contribution is 0.0693. The van der Waals surface area contributed by atoms with E-state index in [1.54, 1.807) is 6.20 Å². The molecule has 1 aromatic heterocycles. The summed E-state index contributed by atoms with van der Waals surface area (Å²) in [6.45, 7) is 2.74. The fraction of sp³-hybridized carbons (Fsp3) is 0.412. The maximum absolute atomic E-state index is 12.8. The molecule has 0 spiro atoms. The number of rotatable bonds is 3. The molecule has 1 N–H and O–H groups in total. The molecule has 0 aliphatic carbocycles. The van der Waals surface area contributed by atoms with Crippen LogP contribution in [0.2, 0.25) is 0 Å². The summed E-state index contributed by atoms with van der Waals surface area (Å²) in [5, 5.41) is 4.17. The molecule has 4 heteroatoms. The molecule has 0 bridgehead atoms. The fourth-order valence-electron chi connectivity index (χ4n) is 3.09. The Bertz CT molecular complexity index is 627. The summed E-state index contributed by atoms with van der Waals surface area (Å²) in [7, 11) is 1.99. The van der Waals surface area contributed by atoms with Crippen LogP contribution in [0.5, 0.6) is 0 Å². The van der Waals surface area contributed by atoms with Crippen molar-refractivity contribution in [3.05, 3.63) is 42.1 Å². The van der Waals surface area contributed by atoms with Crippen LogP contribution < -0.4 is 5.32 Å². The molecule has 1 fully saturated rings. The second-order valence-corrected chi connectivity index (χ2v) is 5.67. The third-order valence-electron chi connectivity index (χ3n) is 4.27. The molecule has 3 rings (SSSR count). The van der Waals surface area contributed by atoms with Crippen molar-refractivity contribution < 1.29 is 4.79 Å². The number of carbonyl (C=O) groups is 1. The van der Waals surface area contributed by atoms with Gasteiger partial charge in [-0.2, -0.15) is 0 Å². The number of aromatic nitrogens is 1. The van der Waals surface area contributed by atoms with E-state index in [1.807, 2.05) is 42.3 Å². The first-order chi connectivity index (χ1) is 10.3. The molecule has 1 aliphatic rings. The Hall–Kier alpha value is -1.94. The average molecular weight is 283 g/mol. The number of hydrogen-bond acceptors (Lipinski definition) is 3. The van der Waals surface area contributed by atoms with Gasteiger partial charge in [0.05, 0.1) is 5.52 Å². The molecule has 0 radical (unpaired) electrons. The number of nitrogens with zero attached hydrogens (tertiary/aromatic N) is 2. The van der Waals surface area contributed by atoms with Crippen LogP contribution in [0.1, 0.15) is 23.2 Å². The number of nitrogens with one attached hydrogen (secondary N) is 1. The summed E-state index contributed by atoms with van der Waals surface area (Å²) >= 11 is 0. The molecule has 0 unspecified atom stereocenters. The van der Waals surface area contributed by atoms with Crippen LogP contribution in [0, 0.1) is 5.92 Å². The summed E-state index contributed by atoms with van der Waals surface area (Å²) in [6, 6.07) is 9.63. The van der Waals surface area contributed by atoms with Crippen molar-refractivity contribution in [1.82, 2.24) is 15.2 Å². The van der Waals surface area contributed by atoms with Gasteiger partial charge in [-0.3, -0.25) is 9.78 Å². The van der Waals surface area contributed by atoms with Crippen LogP contribution in [0.25, 0.3) is 10.9 Å². The molecule has 21 heavy (non-hydrogen) atoms. The van der Waals surface area contributed by atoms with E-state index in [-0.39, 0.29) is 5.91 Å². The van der Waals surface area contributed by atoms with Crippen LogP contribution in [0.15, 0.2) is 36.5 Å². The molecule has 1 aromatic carbocycles. The van der Waals surface area contributed by atoms with Crippen LogP contribution in [-0.4, -0.2) is 42.5 Å². The molecular formula is C17H21N3O. The molecule has 2 aromatic rings. The number of carbonyl (C=O) groups excluding carboxylic acids is 1. The largest absolute Gasteiger partial charge is 0.339 e. The molecule has 0 atom stereocenters. The Kier molecular flexibility index (Phi) is 4.15. The van der Waals surface area contributed by atoms with E-state index in [4.69, 9.17) is 0 Å². The van der Waals surface area contributed by atoms with Crippen molar-refractivity contribution in [2.45, 2.75) is 12.8 Å². The summed E-state index contributed by atoms with van der Waals surface area (Å²) in [6.07, 6.45) is 3.92. The lowest BCUT2D eigenvalue weighted by Crippen LogP contribution is -2.40. The minimum absolute atomic E-state index is 0.136. The number of benzene rings is 1. The number of piperidine rings is 1. The van der Waals surface area contributed by atoms with Crippen molar-refractivity contribution in [3.8, 4) is 0 Å². The van der Waals surface area contributed by atoms with Crippen molar-refractivity contribution in [2.24, 2.45) is 5.92 Å². The first-order valence-corrected chi connectivity index (χ1v) is 7.57. The maximum atomic E-state index is 12.8. The van der Waals surface area contributed by atoms with Gasteiger partial charge in [0, 0.05) is 30.2 Å². The van der Waals surface area contributed by atoms with E-state index in [0.29, 0.717) is 5.92 Å². The molecule has 1 amide bonds. The first kappa shape index (κ1) is 14.0. The van der Waals surface area contributed by atoms with Gasteiger partial charge in [0.2, 0.25) is 0 Å². The van der Waals surface area contributed by atoms with E-state index in [9.17, 15) is 4.79 Å². The predicted octanol–water partition coefficient (Wildman–Crippen LogP) is 2.31. The highest BCUT2D eigenvalue weighted by molar-refractivity contribution is 6.06. The zero-order chi connectivity index (χ0) is 14.7. The highest BCUT2D eigenvalue weighted by Crippen LogP contribution is 2.22. The second kappa shape index (κ2) is 6.22. The highest BCUT2D eigenvalue weighted by atomic mass is 16.2. The van der Waals surface area contributed by atoms with Gasteiger partial charge < -0.3 is 10.2 Å². The Morgan fingerprint density at radius 2 is 2.10 bits per heavy atom. The smallest absolute Gasteiger partial charge is 0.254 e. The standard InChI is InChI=1S/C17H21N3O/c1-18-12-13-7-10-20(11-8-13)17(21)15-4-2-6-16-14(15)5-3-9-19-16/h2-6,9,13,18H,7-8,10-12H2,1H3. The van der Waals surface area contributed by atoms with E-state index in [1.165, 1.54) is 0 Å². The number of fused-ring (bicyclic) bond motifs is 1. The lowest BCUT2D eigenvalue weighted by Gasteiger charge is -2.32. The molecule has 1 aliphatic heterocycles. The van der Waals surface area contributed by atoms with Crippen LogP contribution in [0.4, 0.5) is 0 Å². The molecule has 2 heterocycles. The maximum Gasteiger partial charge on any atom is 0.254 e. The minimum atomic E-state index is 0.136. The van der Waals surface area contributed by atoms with Crippen molar-refractivity contribution in [3.63, 3.8) is 0 Å². The Balaban J connectivity index is 1.79. The third-order valence-corrected chi connectivity index (χ3v) is 4.27. The first-order valence-electron chi connectivity index (χ1n) is 7.57. The van der Waals surface area contributed by atoms with E-state index in [2.05, 4.69) is 10.3 Å². The van der Waals surface area contributed by atoms with Gasteiger partial charge in [-0.15, -0.1) is 0 Å². The SMILES string of the molecule is CNCC1CCN(C(=O)c2cccc3ncccc23)CC1. The van der Waals surface area contributed by atoms with E-state index < -0.39 is 0 Å². The van der Waals surface area contributed by atoms with E-state index in [0.717, 1.165) is 48.9 Å². The summed E-state index contributed by atoms with van der Waals surface area (Å²) in [5.41, 5.74) is 1.65. The monoisotopic (exact) mass is 283 g/mol. The molecule has 1 saturated heterocycles. The number of pyridine rings is 1. The Labute approximate surface area is 125 Å². The molecule has 4 nitrogen and oxygen atoms in total. The summed E-state index contributed by atoms with van der Waals surface area (Å²) < 4.78 is 0. The topological polar surface area (TPSA) is 45.2 Å². The van der Waals surface area contributed by atoms with Gasteiger partial charge in [0.15, 0.2) is 0 Å². The minimum Gasteiger partial charge on any atom is -0.339 e. The van der Waals surface area contributed by atoms with Gasteiger partial charge in [0.25, 0.3) is 5.91 Å². The van der Waals surface area contributed by atoms with Crippen LogP contribution in [0.3, 0.4) is 0 Å². The Morgan fingerprint density at radius 3 is 2.86 bits per heavy atom.